The summed E-state index contributed by atoms with van der Waals surface area (Å²) in [4.78, 5) is 40.2. The molecule has 2 aromatic carbocycles. The Hall–Kier alpha value is -3.65. The van der Waals surface area contributed by atoms with Gasteiger partial charge in [0, 0.05) is 17.5 Å². The highest BCUT2D eigenvalue weighted by molar-refractivity contribution is 8.15. The van der Waals surface area contributed by atoms with Crippen molar-refractivity contribution in [3.05, 3.63) is 95.3 Å². The largest absolute Gasteiger partial charge is 0.489 e. The predicted octanol–water partition coefficient (Wildman–Crippen LogP) is 4.52. The topological polar surface area (TPSA) is 94.6 Å². The lowest BCUT2D eigenvalue weighted by Crippen LogP contribution is -2.25. The summed E-state index contributed by atoms with van der Waals surface area (Å²) in [7, 11) is 0. The fourth-order valence-corrected chi connectivity index (χ4v) is 4.30. The fourth-order valence-electron chi connectivity index (χ4n) is 3.44. The van der Waals surface area contributed by atoms with Gasteiger partial charge >= 0.3 is 5.97 Å². The molecule has 1 saturated heterocycles. The zero-order valence-electron chi connectivity index (χ0n) is 18.6. The molecule has 0 radical (unpaired) electrons. The highest BCUT2D eigenvalue weighted by Crippen LogP contribution is 2.25. The number of nitrogens with one attached hydrogen (secondary N) is 1. The average Bonchev–Trinajstić information content (AvgIpc) is 3.19. The van der Waals surface area contributed by atoms with Crippen molar-refractivity contribution in [2.24, 2.45) is 0 Å². The van der Waals surface area contributed by atoms with E-state index in [0.29, 0.717) is 17.7 Å². The second-order valence-electron chi connectivity index (χ2n) is 7.74. The van der Waals surface area contributed by atoms with E-state index in [2.05, 4.69) is 10.3 Å². The summed E-state index contributed by atoms with van der Waals surface area (Å²) in [6.07, 6.45) is 2.33. The van der Waals surface area contributed by atoms with Crippen LogP contribution in [0.25, 0.3) is 0 Å². The molecule has 34 heavy (non-hydrogen) atoms. The molecule has 2 atom stereocenters. The van der Waals surface area contributed by atoms with Crippen LogP contribution < -0.4 is 10.1 Å². The summed E-state index contributed by atoms with van der Waals surface area (Å²) >= 11 is 1.01. The average molecular weight is 477 g/mol. The van der Waals surface area contributed by atoms with Gasteiger partial charge in [-0.2, -0.15) is 0 Å². The monoisotopic (exact) mass is 476 g/mol. The second-order valence-corrected chi connectivity index (χ2v) is 8.91. The Morgan fingerprint density at radius 1 is 1.06 bits per heavy atom. The van der Waals surface area contributed by atoms with Gasteiger partial charge in [-0.1, -0.05) is 55.1 Å². The van der Waals surface area contributed by atoms with Gasteiger partial charge in [0.25, 0.3) is 5.24 Å². The van der Waals surface area contributed by atoms with Crippen LogP contribution in [0, 0.1) is 0 Å². The first-order valence-electron chi connectivity index (χ1n) is 11.0. The highest BCUT2D eigenvalue weighted by Gasteiger charge is 2.31. The molecule has 174 valence electrons. The number of hydrogen-bond acceptors (Lipinski definition) is 7. The van der Waals surface area contributed by atoms with E-state index in [9.17, 15) is 14.4 Å². The van der Waals surface area contributed by atoms with Gasteiger partial charge in [-0.3, -0.25) is 19.9 Å². The third-order valence-corrected chi connectivity index (χ3v) is 6.33. The summed E-state index contributed by atoms with van der Waals surface area (Å²) < 4.78 is 11.7. The third kappa shape index (κ3) is 6.02. The smallest absolute Gasteiger partial charge is 0.338 e. The molecular formula is C26H24N2O5S. The SMILES string of the molecule is CCc1ccc(C(COc2ccc(CC3SC(=O)NC3=O)cc2)OC(=O)c2ccccc2)cn1. The molecule has 2 unspecified atom stereocenters. The standard InChI is InChI=1S/C26H24N2O5S/c1-2-20-11-10-19(15-27-20)22(33-25(30)18-6-4-3-5-7-18)16-32-21-12-8-17(9-13-21)14-23-24(29)28-26(31)34-23/h3-13,15,22-23H,2,14,16H2,1H3,(H,28,29,31). The molecular weight excluding hydrogens is 452 g/mol. The minimum absolute atomic E-state index is 0.112. The van der Waals surface area contributed by atoms with E-state index in [1.807, 2.05) is 37.3 Å². The van der Waals surface area contributed by atoms with E-state index in [4.69, 9.17) is 9.47 Å². The van der Waals surface area contributed by atoms with Gasteiger partial charge in [0.2, 0.25) is 5.91 Å². The van der Waals surface area contributed by atoms with Crippen LogP contribution in [0.3, 0.4) is 0 Å². The number of pyridine rings is 1. The number of imide groups is 1. The second kappa shape index (κ2) is 11.0. The molecule has 0 saturated carbocycles. The Morgan fingerprint density at radius 3 is 2.44 bits per heavy atom. The van der Waals surface area contributed by atoms with Gasteiger partial charge in [-0.05, 0) is 48.7 Å². The third-order valence-electron chi connectivity index (χ3n) is 5.35. The summed E-state index contributed by atoms with van der Waals surface area (Å²) in [5, 5.41) is 1.57. The van der Waals surface area contributed by atoms with Gasteiger partial charge < -0.3 is 9.47 Å². The lowest BCUT2D eigenvalue weighted by atomic mass is 10.1. The summed E-state index contributed by atoms with van der Waals surface area (Å²) in [6, 6.07) is 19.9. The maximum Gasteiger partial charge on any atom is 0.338 e. The minimum Gasteiger partial charge on any atom is -0.489 e. The number of carbonyl (C=O) groups excluding carboxylic acids is 3. The van der Waals surface area contributed by atoms with Crippen molar-refractivity contribution in [2.45, 2.75) is 31.1 Å². The quantitative estimate of drug-likeness (QED) is 0.454. The number of benzene rings is 2. The summed E-state index contributed by atoms with van der Waals surface area (Å²) in [5.74, 6) is -0.102. The summed E-state index contributed by atoms with van der Waals surface area (Å²) in [5.41, 5.74) is 3.07. The molecule has 8 heteroatoms. The maximum absolute atomic E-state index is 12.7. The number of aryl methyl sites for hydroxylation is 1. The van der Waals surface area contributed by atoms with E-state index in [-0.39, 0.29) is 17.8 Å². The van der Waals surface area contributed by atoms with Gasteiger partial charge in [0.15, 0.2) is 6.10 Å². The van der Waals surface area contributed by atoms with E-state index in [1.165, 1.54) is 0 Å². The number of hydrogen-bond donors (Lipinski definition) is 1. The number of rotatable bonds is 9. The first kappa shape index (κ1) is 23.5. The van der Waals surface area contributed by atoms with Crippen LogP contribution in [0.1, 0.15) is 40.2 Å². The van der Waals surface area contributed by atoms with Crippen molar-refractivity contribution >= 4 is 28.9 Å². The fraction of sp³-hybridized carbons (Fsp3) is 0.231. The van der Waals surface area contributed by atoms with E-state index in [1.54, 1.807) is 42.6 Å². The van der Waals surface area contributed by atoms with Crippen molar-refractivity contribution in [1.82, 2.24) is 10.3 Å². The minimum atomic E-state index is -0.643. The van der Waals surface area contributed by atoms with Crippen LogP contribution in [0.2, 0.25) is 0 Å². The molecule has 1 aliphatic rings. The van der Waals surface area contributed by atoms with Crippen molar-refractivity contribution in [3.8, 4) is 5.75 Å². The van der Waals surface area contributed by atoms with Crippen LogP contribution in [0.5, 0.6) is 5.75 Å². The normalized spacial score (nSPS) is 16.1. The van der Waals surface area contributed by atoms with E-state index in [0.717, 1.165) is 35.0 Å². The Labute approximate surface area is 201 Å². The molecule has 1 aliphatic heterocycles. The maximum atomic E-state index is 12.7. The van der Waals surface area contributed by atoms with Gasteiger partial charge in [0.05, 0.1) is 10.8 Å². The first-order chi connectivity index (χ1) is 16.5. The van der Waals surface area contributed by atoms with Crippen molar-refractivity contribution in [1.29, 1.82) is 0 Å². The molecule has 0 aliphatic carbocycles. The highest BCUT2D eigenvalue weighted by atomic mass is 32.2. The molecule has 2 amide bonds. The molecule has 1 aromatic heterocycles. The number of nitrogens with zero attached hydrogens (tertiary/aromatic N) is 1. The van der Waals surface area contributed by atoms with Crippen LogP contribution in [0.15, 0.2) is 72.9 Å². The van der Waals surface area contributed by atoms with Crippen molar-refractivity contribution in [3.63, 3.8) is 0 Å². The molecule has 0 bridgehead atoms. The molecule has 1 N–H and O–H groups in total. The zero-order valence-corrected chi connectivity index (χ0v) is 19.4. The Balaban J connectivity index is 1.42. The number of amides is 2. The molecule has 3 aromatic rings. The lowest BCUT2D eigenvalue weighted by molar-refractivity contribution is -0.118. The van der Waals surface area contributed by atoms with Crippen LogP contribution in [-0.2, 0) is 22.4 Å². The number of thioether (sulfide) groups is 1. The van der Waals surface area contributed by atoms with E-state index < -0.39 is 17.3 Å². The number of ether oxygens (including phenoxy) is 2. The van der Waals surface area contributed by atoms with Gasteiger partial charge in [-0.15, -0.1) is 0 Å². The van der Waals surface area contributed by atoms with E-state index >= 15 is 0 Å². The van der Waals surface area contributed by atoms with Crippen LogP contribution >= 0.6 is 11.8 Å². The van der Waals surface area contributed by atoms with Gasteiger partial charge in [0.1, 0.15) is 12.4 Å². The molecule has 4 rings (SSSR count). The summed E-state index contributed by atoms with van der Waals surface area (Å²) in [6.45, 7) is 2.14. The Morgan fingerprint density at radius 2 is 1.82 bits per heavy atom. The number of carbonyl (C=O) groups is 3. The molecule has 7 nitrogen and oxygen atoms in total. The zero-order chi connectivity index (χ0) is 23.9. The number of aromatic nitrogens is 1. The Bertz CT molecular complexity index is 1150. The lowest BCUT2D eigenvalue weighted by Gasteiger charge is -2.19. The molecule has 1 fully saturated rings. The predicted molar refractivity (Wildman–Crippen MR) is 129 cm³/mol. The number of esters is 1. The van der Waals surface area contributed by atoms with Gasteiger partial charge in [-0.25, -0.2) is 4.79 Å². The van der Waals surface area contributed by atoms with Crippen molar-refractivity contribution in [2.75, 3.05) is 6.61 Å². The Kier molecular flexibility index (Phi) is 7.59. The van der Waals surface area contributed by atoms with Crippen LogP contribution in [0.4, 0.5) is 4.79 Å². The molecule has 2 heterocycles. The van der Waals surface area contributed by atoms with Crippen molar-refractivity contribution < 1.29 is 23.9 Å². The first-order valence-corrected chi connectivity index (χ1v) is 11.8. The molecule has 0 spiro atoms. The van der Waals surface area contributed by atoms with Crippen LogP contribution in [-0.4, -0.2) is 34.0 Å².